The first kappa shape index (κ1) is 14.1. The molecule has 1 N–H and O–H groups in total. The molecule has 0 radical (unpaired) electrons. The zero-order valence-electron chi connectivity index (χ0n) is 11.2. The van der Waals surface area contributed by atoms with Crippen LogP contribution in [0.3, 0.4) is 0 Å². The lowest BCUT2D eigenvalue weighted by Crippen LogP contribution is -2.48. The van der Waals surface area contributed by atoms with Crippen LogP contribution in [0.5, 0.6) is 11.5 Å². The molecular weight excluding hydrogens is 252 g/mol. The molecule has 3 nitrogen and oxygen atoms in total. The Bertz CT molecular complexity index is 429. The number of benzene rings is 1. The van der Waals surface area contributed by atoms with E-state index in [0.717, 1.165) is 5.56 Å². The molecule has 5 heteroatoms. The van der Waals surface area contributed by atoms with Crippen LogP contribution in [0.15, 0.2) is 18.2 Å². The van der Waals surface area contributed by atoms with Crippen molar-refractivity contribution in [1.82, 2.24) is 5.32 Å². The van der Waals surface area contributed by atoms with Gasteiger partial charge < -0.3 is 14.8 Å². The number of hydrogen-bond donors (Lipinski definition) is 1. The third kappa shape index (κ3) is 3.56. The van der Waals surface area contributed by atoms with Crippen molar-refractivity contribution < 1.29 is 18.3 Å². The molecule has 0 amide bonds. The summed E-state index contributed by atoms with van der Waals surface area (Å²) in [4.78, 5) is 0. The number of nitrogens with one attached hydrogen (secondary N) is 1. The Hall–Kier alpha value is -1.36. The quantitative estimate of drug-likeness (QED) is 0.862. The van der Waals surface area contributed by atoms with Crippen molar-refractivity contribution >= 4 is 0 Å². The molecule has 0 aliphatic heterocycles. The number of halogens is 2. The Morgan fingerprint density at radius 1 is 1.32 bits per heavy atom. The van der Waals surface area contributed by atoms with E-state index in [-0.39, 0.29) is 18.9 Å². The van der Waals surface area contributed by atoms with Gasteiger partial charge in [0.1, 0.15) is 0 Å². The van der Waals surface area contributed by atoms with Gasteiger partial charge in [-0.15, -0.1) is 0 Å². The van der Waals surface area contributed by atoms with Gasteiger partial charge in [-0.3, -0.25) is 0 Å². The predicted molar refractivity (Wildman–Crippen MR) is 69.0 cm³/mol. The Labute approximate surface area is 111 Å². The van der Waals surface area contributed by atoms with Crippen molar-refractivity contribution in [3.63, 3.8) is 0 Å². The molecule has 1 aliphatic carbocycles. The van der Waals surface area contributed by atoms with E-state index in [0.29, 0.717) is 24.7 Å². The van der Waals surface area contributed by atoms with Gasteiger partial charge in [-0.2, -0.15) is 0 Å². The molecule has 0 atom stereocenters. The first-order valence-corrected chi connectivity index (χ1v) is 6.45. The highest BCUT2D eigenvalue weighted by molar-refractivity contribution is 5.42. The molecule has 1 aromatic carbocycles. The summed E-state index contributed by atoms with van der Waals surface area (Å²) in [5.41, 5.74) is 1.000. The lowest BCUT2D eigenvalue weighted by molar-refractivity contribution is -0.0930. The molecule has 0 aromatic heterocycles. The van der Waals surface area contributed by atoms with Crippen LogP contribution in [0.4, 0.5) is 8.78 Å². The van der Waals surface area contributed by atoms with E-state index >= 15 is 0 Å². The fraction of sp³-hybridized carbons (Fsp3) is 0.571. The minimum absolute atomic E-state index is 0.0680. The third-order valence-electron chi connectivity index (χ3n) is 3.21. The molecule has 2 rings (SSSR count). The Balaban J connectivity index is 1.91. The Kier molecular flexibility index (Phi) is 4.24. The number of methoxy groups -OCH3 is 1. The molecule has 0 saturated heterocycles. The van der Waals surface area contributed by atoms with Gasteiger partial charge in [-0.1, -0.05) is 6.07 Å². The zero-order valence-corrected chi connectivity index (χ0v) is 11.2. The van der Waals surface area contributed by atoms with Gasteiger partial charge in [-0.05, 0) is 24.6 Å². The van der Waals surface area contributed by atoms with Crippen molar-refractivity contribution in [1.29, 1.82) is 0 Å². The molecule has 1 aliphatic rings. The van der Waals surface area contributed by atoms with Crippen molar-refractivity contribution in [3.05, 3.63) is 23.8 Å². The summed E-state index contributed by atoms with van der Waals surface area (Å²) in [5.74, 6) is -1.11. The van der Waals surface area contributed by atoms with Crippen molar-refractivity contribution in [2.45, 2.75) is 38.3 Å². The van der Waals surface area contributed by atoms with Crippen LogP contribution >= 0.6 is 0 Å². The van der Waals surface area contributed by atoms with Gasteiger partial charge in [0.2, 0.25) is 0 Å². The summed E-state index contributed by atoms with van der Waals surface area (Å²) in [7, 11) is 1.59. The standard InChI is InChI=1S/C14H19F2NO2/c1-3-19-13-6-10(4-5-12(13)18-2)9-17-11-7-14(15,16)8-11/h4-6,11,17H,3,7-9H2,1-2H3. The average Bonchev–Trinajstić information content (AvgIpc) is 2.34. The maximum Gasteiger partial charge on any atom is 0.251 e. The van der Waals surface area contributed by atoms with Gasteiger partial charge in [-0.25, -0.2) is 8.78 Å². The van der Waals surface area contributed by atoms with Crippen LogP contribution in [0, 0.1) is 0 Å². The predicted octanol–water partition coefficient (Wildman–Crippen LogP) is 2.98. The van der Waals surface area contributed by atoms with Gasteiger partial charge in [0, 0.05) is 25.4 Å². The highest BCUT2D eigenvalue weighted by Crippen LogP contribution is 2.37. The van der Waals surface area contributed by atoms with Gasteiger partial charge in [0.25, 0.3) is 5.92 Å². The number of ether oxygens (including phenoxy) is 2. The van der Waals surface area contributed by atoms with Crippen LogP contribution in [0.1, 0.15) is 25.3 Å². The van der Waals surface area contributed by atoms with Crippen LogP contribution in [0.2, 0.25) is 0 Å². The summed E-state index contributed by atoms with van der Waals surface area (Å²) in [6.07, 6.45) is -0.136. The summed E-state index contributed by atoms with van der Waals surface area (Å²) >= 11 is 0. The van der Waals surface area contributed by atoms with Crippen molar-refractivity contribution in [2.24, 2.45) is 0 Å². The van der Waals surface area contributed by atoms with Crippen molar-refractivity contribution in [2.75, 3.05) is 13.7 Å². The SMILES string of the molecule is CCOc1cc(CNC2CC(F)(F)C2)ccc1OC. The van der Waals surface area contributed by atoms with Gasteiger partial charge in [0.05, 0.1) is 13.7 Å². The highest BCUT2D eigenvalue weighted by Gasteiger charge is 2.44. The zero-order chi connectivity index (χ0) is 13.9. The summed E-state index contributed by atoms with van der Waals surface area (Å²) in [5, 5.41) is 3.12. The Morgan fingerprint density at radius 2 is 2.05 bits per heavy atom. The largest absolute Gasteiger partial charge is 0.493 e. The normalized spacial score (nSPS) is 17.9. The molecular formula is C14H19F2NO2. The second kappa shape index (κ2) is 5.74. The molecule has 0 spiro atoms. The average molecular weight is 271 g/mol. The van der Waals surface area contributed by atoms with E-state index in [4.69, 9.17) is 9.47 Å². The molecule has 106 valence electrons. The lowest BCUT2D eigenvalue weighted by Gasteiger charge is -2.35. The van der Waals surface area contributed by atoms with Gasteiger partial charge in [0.15, 0.2) is 11.5 Å². The number of alkyl halides is 2. The van der Waals surface area contributed by atoms with E-state index in [1.807, 2.05) is 25.1 Å². The maximum absolute atomic E-state index is 12.7. The molecule has 0 bridgehead atoms. The fourth-order valence-electron chi connectivity index (χ4n) is 2.17. The second-order valence-corrected chi connectivity index (χ2v) is 4.76. The minimum atomic E-state index is -2.48. The molecule has 1 fully saturated rings. The summed E-state index contributed by atoms with van der Waals surface area (Å²) < 4.78 is 36.1. The highest BCUT2D eigenvalue weighted by atomic mass is 19.3. The molecule has 0 unspecified atom stereocenters. The second-order valence-electron chi connectivity index (χ2n) is 4.76. The van der Waals surface area contributed by atoms with E-state index < -0.39 is 5.92 Å². The first-order chi connectivity index (χ1) is 9.04. The van der Waals surface area contributed by atoms with Crippen LogP contribution in [-0.4, -0.2) is 25.7 Å². The lowest BCUT2D eigenvalue weighted by atomic mass is 9.88. The van der Waals surface area contributed by atoms with Crippen molar-refractivity contribution in [3.8, 4) is 11.5 Å². The third-order valence-corrected chi connectivity index (χ3v) is 3.21. The molecule has 1 saturated carbocycles. The van der Waals surface area contributed by atoms with Crippen LogP contribution in [0.25, 0.3) is 0 Å². The smallest absolute Gasteiger partial charge is 0.251 e. The Morgan fingerprint density at radius 3 is 2.63 bits per heavy atom. The van der Waals surface area contributed by atoms with E-state index in [1.54, 1.807) is 7.11 Å². The first-order valence-electron chi connectivity index (χ1n) is 6.45. The van der Waals surface area contributed by atoms with Gasteiger partial charge >= 0.3 is 0 Å². The molecule has 1 aromatic rings. The topological polar surface area (TPSA) is 30.5 Å². The van der Waals surface area contributed by atoms with Crippen LogP contribution in [-0.2, 0) is 6.54 Å². The summed E-state index contributed by atoms with van der Waals surface area (Å²) in [6.45, 7) is 3.02. The summed E-state index contributed by atoms with van der Waals surface area (Å²) in [6, 6.07) is 5.53. The molecule has 19 heavy (non-hydrogen) atoms. The van der Waals surface area contributed by atoms with E-state index in [1.165, 1.54) is 0 Å². The number of rotatable bonds is 6. The van der Waals surface area contributed by atoms with E-state index in [9.17, 15) is 8.78 Å². The van der Waals surface area contributed by atoms with Crippen LogP contribution < -0.4 is 14.8 Å². The number of hydrogen-bond acceptors (Lipinski definition) is 3. The minimum Gasteiger partial charge on any atom is -0.493 e. The van der Waals surface area contributed by atoms with E-state index in [2.05, 4.69) is 5.32 Å². The monoisotopic (exact) mass is 271 g/mol. The maximum atomic E-state index is 12.7. The molecule has 0 heterocycles. The fourth-order valence-corrected chi connectivity index (χ4v) is 2.17.